The summed E-state index contributed by atoms with van der Waals surface area (Å²) in [5.41, 5.74) is 0.627. The Morgan fingerprint density at radius 2 is 1.84 bits per heavy atom. The highest BCUT2D eigenvalue weighted by Gasteiger charge is 2.07. The molecule has 19 heavy (non-hydrogen) atoms. The number of hydrogen-bond acceptors (Lipinski definition) is 3. The SMILES string of the molecule is CCC(CC)COCCOc1ccccc1C(C)=O. The zero-order valence-corrected chi connectivity index (χ0v) is 12.1. The van der Waals surface area contributed by atoms with Crippen LogP contribution >= 0.6 is 0 Å². The number of carbonyl (C=O) groups is 1. The molecule has 0 N–H and O–H groups in total. The van der Waals surface area contributed by atoms with Gasteiger partial charge < -0.3 is 9.47 Å². The fraction of sp³-hybridized carbons (Fsp3) is 0.562. The summed E-state index contributed by atoms with van der Waals surface area (Å²) < 4.78 is 11.2. The molecule has 0 aliphatic heterocycles. The highest BCUT2D eigenvalue weighted by atomic mass is 16.5. The highest BCUT2D eigenvalue weighted by Crippen LogP contribution is 2.18. The molecule has 0 heterocycles. The molecule has 0 unspecified atom stereocenters. The molecule has 0 saturated carbocycles. The van der Waals surface area contributed by atoms with E-state index in [1.807, 2.05) is 18.2 Å². The molecule has 0 saturated heterocycles. The quantitative estimate of drug-likeness (QED) is 0.503. The topological polar surface area (TPSA) is 35.5 Å². The van der Waals surface area contributed by atoms with Gasteiger partial charge in [-0.2, -0.15) is 0 Å². The largest absolute Gasteiger partial charge is 0.490 e. The van der Waals surface area contributed by atoms with E-state index < -0.39 is 0 Å². The molecular formula is C16H24O3. The summed E-state index contributed by atoms with van der Waals surface area (Å²) in [5.74, 6) is 1.29. The highest BCUT2D eigenvalue weighted by molar-refractivity contribution is 5.96. The van der Waals surface area contributed by atoms with Crippen molar-refractivity contribution in [1.29, 1.82) is 0 Å². The summed E-state index contributed by atoms with van der Waals surface area (Å²) in [6.07, 6.45) is 2.29. The Bertz CT molecular complexity index is 383. The van der Waals surface area contributed by atoms with Crippen LogP contribution in [0.25, 0.3) is 0 Å². The van der Waals surface area contributed by atoms with Gasteiger partial charge in [-0.05, 0) is 25.0 Å². The van der Waals surface area contributed by atoms with Gasteiger partial charge in [-0.3, -0.25) is 4.79 Å². The van der Waals surface area contributed by atoms with Crippen LogP contribution in [0.5, 0.6) is 5.75 Å². The summed E-state index contributed by atoms with van der Waals surface area (Å²) in [5, 5.41) is 0. The molecule has 0 spiro atoms. The first-order chi connectivity index (χ1) is 9.19. The van der Waals surface area contributed by atoms with Gasteiger partial charge in [0.2, 0.25) is 0 Å². The maximum Gasteiger partial charge on any atom is 0.163 e. The summed E-state index contributed by atoms with van der Waals surface area (Å²) in [6.45, 7) is 7.72. The van der Waals surface area contributed by atoms with Gasteiger partial charge in [0.05, 0.1) is 12.2 Å². The number of ether oxygens (including phenoxy) is 2. The van der Waals surface area contributed by atoms with Gasteiger partial charge >= 0.3 is 0 Å². The number of hydrogen-bond donors (Lipinski definition) is 0. The van der Waals surface area contributed by atoms with Gasteiger partial charge in [0.1, 0.15) is 12.4 Å². The Hall–Kier alpha value is -1.35. The first-order valence-electron chi connectivity index (χ1n) is 6.99. The molecular weight excluding hydrogens is 240 g/mol. The van der Waals surface area contributed by atoms with Crippen molar-refractivity contribution < 1.29 is 14.3 Å². The molecule has 0 amide bonds. The van der Waals surface area contributed by atoms with E-state index in [9.17, 15) is 4.79 Å². The van der Waals surface area contributed by atoms with E-state index in [2.05, 4.69) is 13.8 Å². The summed E-state index contributed by atoms with van der Waals surface area (Å²) in [7, 11) is 0. The van der Waals surface area contributed by atoms with Crippen molar-refractivity contribution >= 4 is 5.78 Å². The Labute approximate surface area is 115 Å². The average Bonchev–Trinajstić information content (AvgIpc) is 2.43. The monoisotopic (exact) mass is 264 g/mol. The Balaban J connectivity index is 2.32. The van der Waals surface area contributed by atoms with Crippen LogP contribution in [0.2, 0.25) is 0 Å². The van der Waals surface area contributed by atoms with Crippen LogP contribution in [0.4, 0.5) is 0 Å². The number of benzene rings is 1. The number of rotatable bonds is 9. The van der Waals surface area contributed by atoms with Crippen LogP contribution in [-0.4, -0.2) is 25.6 Å². The van der Waals surface area contributed by atoms with E-state index in [0.29, 0.717) is 30.4 Å². The summed E-state index contributed by atoms with van der Waals surface area (Å²) in [4.78, 5) is 11.4. The van der Waals surface area contributed by atoms with E-state index >= 15 is 0 Å². The molecule has 1 aromatic rings. The third-order valence-electron chi connectivity index (χ3n) is 3.26. The van der Waals surface area contributed by atoms with Gasteiger partial charge in [0, 0.05) is 6.61 Å². The molecule has 3 nitrogen and oxygen atoms in total. The molecule has 0 aliphatic rings. The van der Waals surface area contributed by atoms with Crippen LogP contribution in [0.15, 0.2) is 24.3 Å². The number of ketones is 1. The average molecular weight is 264 g/mol. The van der Waals surface area contributed by atoms with Crippen molar-refractivity contribution in [1.82, 2.24) is 0 Å². The minimum Gasteiger partial charge on any atom is -0.490 e. The minimum absolute atomic E-state index is 0.0218. The van der Waals surface area contributed by atoms with Gasteiger partial charge in [0.15, 0.2) is 5.78 Å². The molecule has 0 aromatic heterocycles. The first kappa shape index (κ1) is 15.7. The Morgan fingerprint density at radius 1 is 1.16 bits per heavy atom. The normalized spacial score (nSPS) is 10.7. The third-order valence-corrected chi connectivity index (χ3v) is 3.26. The summed E-state index contributed by atoms with van der Waals surface area (Å²) >= 11 is 0. The molecule has 3 heteroatoms. The Morgan fingerprint density at radius 3 is 2.47 bits per heavy atom. The van der Waals surface area contributed by atoms with Crippen molar-refractivity contribution in [3.8, 4) is 5.75 Å². The van der Waals surface area contributed by atoms with E-state index in [0.717, 1.165) is 19.4 Å². The van der Waals surface area contributed by atoms with E-state index in [1.165, 1.54) is 0 Å². The van der Waals surface area contributed by atoms with Crippen molar-refractivity contribution in [3.63, 3.8) is 0 Å². The van der Waals surface area contributed by atoms with E-state index in [-0.39, 0.29) is 5.78 Å². The lowest BCUT2D eigenvalue weighted by Crippen LogP contribution is -2.13. The van der Waals surface area contributed by atoms with Crippen molar-refractivity contribution in [2.45, 2.75) is 33.6 Å². The van der Waals surface area contributed by atoms with Crippen LogP contribution in [0, 0.1) is 5.92 Å². The number of Topliss-reactive ketones (excluding diaryl/α,β-unsaturated/α-hetero) is 1. The molecule has 1 rings (SSSR count). The van der Waals surface area contributed by atoms with Crippen LogP contribution < -0.4 is 4.74 Å². The molecule has 0 bridgehead atoms. The predicted molar refractivity (Wildman–Crippen MR) is 76.8 cm³/mol. The summed E-state index contributed by atoms with van der Waals surface area (Å²) in [6, 6.07) is 7.31. The van der Waals surface area contributed by atoms with Crippen molar-refractivity contribution in [2.24, 2.45) is 5.92 Å². The number of carbonyl (C=O) groups excluding carboxylic acids is 1. The Kier molecular flexibility index (Phi) is 7.19. The van der Waals surface area contributed by atoms with Crippen molar-refractivity contribution in [3.05, 3.63) is 29.8 Å². The first-order valence-corrected chi connectivity index (χ1v) is 6.99. The molecule has 0 atom stereocenters. The zero-order valence-electron chi connectivity index (χ0n) is 12.1. The standard InChI is InChI=1S/C16H24O3/c1-4-14(5-2)12-18-10-11-19-16-9-7-6-8-15(16)13(3)17/h6-9,14H,4-5,10-12H2,1-3H3. The molecule has 0 aliphatic carbocycles. The van der Waals surface area contributed by atoms with Crippen molar-refractivity contribution in [2.75, 3.05) is 19.8 Å². The van der Waals surface area contributed by atoms with E-state index in [1.54, 1.807) is 13.0 Å². The van der Waals surface area contributed by atoms with Crippen LogP contribution in [-0.2, 0) is 4.74 Å². The second kappa shape index (κ2) is 8.70. The lowest BCUT2D eigenvalue weighted by molar-refractivity contribution is 0.0713. The number of para-hydroxylation sites is 1. The van der Waals surface area contributed by atoms with Gasteiger partial charge in [0.25, 0.3) is 0 Å². The third kappa shape index (κ3) is 5.43. The minimum atomic E-state index is 0.0218. The van der Waals surface area contributed by atoms with Crippen LogP contribution in [0.3, 0.4) is 0 Å². The molecule has 0 radical (unpaired) electrons. The van der Waals surface area contributed by atoms with Gasteiger partial charge in [-0.25, -0.2) is 0 Å². The fourth-order valence-electron chi connectivity index (χ4n) is 1.87. The molecule has 1 aromatic carbocycles. The zero-order chi connectivity index (χ0) is 14.1. The van der Waals surface area contributed by atoms with Gasteiger partial charge in [-0.15, -0.1) is 0 Å². The maximum absolute atomic E-state index is 11.4. The maximum atomic E-state index is 11.4. The second-order valence-electron chi connectivity index (χ2n) is 4.66. The molecule has 0 fully saturated rings. The smallest absolute Gasteiger partial charge is 0.163 e. The molecule has 106 valence electrons. The lowest BCUT2D eigenvalue weighted by atomic mass is 10.1. The predicted octanol–water partition coefficient (Wildman–Crippen LogP) is 3.72. The van der Waals surface area contributed by atoms with E-state index in [4.69, 9.17) is 9.47 Å². The van der Waals surface area contributed by atoms with Crippen LogP contribution in [0.1, 0.15) is 44.0 Å². The van der Waals surface area contributed by atoms with Gasteiger partial charge in [-0.1, -0.05) is 38.8 Å². The second-order valence-corrected chi connectivity index (χ2v) is 4.66. The fourth-order valence-corrected chi connectivity index (χ4v) is 1.87. The lowest BCUT2D eigenvalue weighted by Gasteiger charge is -2.13.